The maximum Gasteiger partial charge on any atom is 0.288 e. The molecule has 3 rings (SSSR count). The first-order chi connectivity index (χ1) is 11.8. The minimum Gasteiger partial charge on any atom is -0.266 e. The molecule has 0 spiro atoms. The topological polar surface area (TPSA) is 68.4 Å². The Kier molecular flexibility index (Phi) is 4.68. The number of carbonyl (C=O) groups is 1. The predicted molar refractivity (Wildman–Crippen MR) is 103 cm³/mol. The van der Waals surface area contributed by atoms with E-state index in [4.69, 9.17) is 23.8 Å². The number of aryl methyl sites for hydroxylation is 2. The lowest BCUT2D eigenvalue weighted by molar-refractivity contribution is -0.384. The number of halogens is 1. The van der Waals surface area contributed by atoms with Crippen LogP contribution < -0.4 is 5.01 Å². The van der Waals surface area contributed by atoms with Crippen molar-refractivity contribution in [1.29, 1.82) is 0 Å². The Labute approximate surface area is 158 Å². The standard InChI is InChI=1S/C16H12ClN3O3S2/c1-9-3-4-10(2)18(9)19-15(21)14(25-16(19)24)8-11-5-6-12(17)13(7-11)20(22)23/h3-8H,1-2H3/b14-8-. The van der Waals surface area contributed by atoms with E-state index < -0.39 is 4.92 Å². The van der Waals surface area contributed by atoms with Crippen molar-refractivity contribution in [3.8, 4) is 0 Å². The third kappa shape index (κ3) is 3.20. The van der Waals surface area contributed by atoms with Crippen molar-refractivity contribution < 1.29 is 9.72 Å². The number of amides is 1. The molecule has 1 saturated heterocycles. The van der Waals surface area contributed by atoms with Crippen LogP contribution in [0.25, 0.3) is 6.08 Å². The van der Waals surface area contributed by atoms with E-state index in [0.717, 1.165) is 23.1 Å². The summed E-state index contributed by atoms with van der Waals surface area (Å²) in [5.74, 6) is -0.269. The number of thiocarbonyl (C=S) groups is 1. The zero-order valence-corrected chi connectivity index (χ0v) is 15.6. The lowest BCUT2D eigenvalue weighted by atomic mass is 10.2. The number of nitrogens with zero attached hydrogens (tertiary/aromatic N) is 3. The van der Waals surface area contributed by atoms with Crippen molar-refractivity contribution in [2.45, 2.75) is 13.8 Å². The van der Waals surface area contributed by atoms with E-state index in [0.29, 0.717) is 14.8 Å². The predicted octanol–water partition coefficient (Wildman–Crippen LogP) is 4.20. The fourth-order valence-corrected chi connectivity index (χ4v) is 3.95. The van der Waals surface area contributed by atoms with Crippen molar-refractivity contribution in [1.82, 2.24) is 4.68 Å². The first-order valence-electron chi connectivity index (χ1n) is 7.16. The first-order valence-corrected chi connectivity index (χ1v) is 8.77. The summed E-state index contributed by atoms with van der Waals surface area (Å²) in [5.41, 5.74) is 2.08. The van der Waals surface area contributed by atoms with E-state index in [-0.39, 0.29) is 16.6 Å². The molecule has 25 heavy (non-hydrogen) atoms. The SMILES string of the molecule is Cc1ccc(C)n1N1C(=O)/C(=C/c2ccc(Cl)c([N+](=O)[O-])c2)SC1=S. The molecule has 2 aromatic rings. The highest BCUT2D eigenvalue weighted by atomic mass is 35.5. The molecule has 1 aromatic carbocycles. The number of aromatic nitrogens is 1. The molecule has 0 atom stereocenters. The molecule has 0 unspecified atom stereocenters. The van der Waals surface area contributed by atoms with Gasteiger partial charge in [-0.15, -0.1) is 0 Å². The zero-order valence-electron chi connectivity index (χ0n) is 13.2. The summed E-state index contributed by atoms with van der Waals surface area (Å²) >= 11 is 12.3. The van der Waals surface area contributed by atoms with Crippen molar-refractivity contribution in [3.05, 3.63) is 67.3 Å². The second-order valence-electron chi connectivity index (χ2n) is 5.39. The van der Waals surface area contributed by atoms with Gasteiger partial charge in [-0.25, -0.2) is 0 Å². The van der Waals surface area contributed by atoms with Crippen molar-refractivity contribution in [2.24, 2.45) is 0 Å². The number of nitro benzene ring substituents is 1. The summed E-state index contributed by atoms with van der Waals surface area (Å²) in [6.45, 7) is 3.77. The summed E-state index contributed by atoms with van der Waals surface area (Å²) in [7, 11) is 0. The number of hydrogen-bond acceptors (Lipinski definition) is 5. The smallest absolute Gasteiger partial charge is 0.266 e. The molecule has 0 N–H and O–H groups in total. The van der Waals surface area contributed by atoms with Crippen molar-refractivity contribution >= 4 is 57.6 Å². The van der Waals surface area contributed by atoms with Crippen LogP contribution in [0.15, 0.2) is 35.2 Å². The Morgan fingerprint density at radius 1 is 1.24 bits per heavy atom. The van der Waals surface area contributed by atoms with Crippen LogP contribution in [0.5, 0.6) is 0 Å². The molecular formula is C16H12ClN3O3S2. The van der Waals surface area contributed by atoms with E-state index in [1.54, 1.807) is 16.8 Å². The molecule has 0 bridgehead atoms. The molecule has 9 heteroatoms. The highest BCUT2D eigenvalue weighted by Crippen LogP contribution is 2.34. The van der Waals surface area contributed by atoms with Gasteiger partial charge in [0, 0.05) is 17.5 Å². The number of benzene rings is 1. The average molecular weight is 394 g/mol. The Morgan fingerprint density at radius 2 is 1.88 bits per heavy atom. The lowest BCUT2D eigenvalue weighted by Crippen LogP contribution is -2.39. The zero-order chi connectivity index (χ0) is 18.3. The van der Waals surface area contributed by atoms with E-state index in [1.165, 1.54) is 17.1 Å². The molecule has 0 aliphatic carbocycles. The van der Waals surface area contributed by atoms with Crippen LogP contribution >= 0.6 is 35.6 Å². The third-order valence-corrected chi connectivity index (χ3v) is 5.27. The Bertz CT molecular complexity index is 933. The van der Waals surface area contributed by atoms with Gasteiger partial charge in [0.25, 0.3) is 11.6 Å². The molecule has 1 aromatic heterocycles. The molecular weight excluding hydrogens is 382 g/mol. The van der Waals surface area contributed by atoms with Gasteiger partial charge in [-0.3, -0.25) is 19.6 Å². The minimum absolute atomic E-state index is 0.0493. The fraction of sp³-hybridized carbons (Fsp3) is 0.125. The molecule has 1 aliphatic rings. The third-order valence-electron chi connectivity index (χ3n) is 3.67. The summed E-state index contributed by atoms with van der Waals surface area (Å²) in [6.07, 6.45) is 1.58. The molecule has 128 valence electrons. The minimum atomic E-state index is -0.558. The normalized spacial score (nSPS) is 16.1. The average Bonchev–Trinajstić information content (AvgIpc) is 3.01. The Balaban J connectivity index is 1.99. The second kappa shape index (κ2) is 6.62. The van der Waals surface area contributed by atoms with E-state index in [2.05, 4.69) is 0 Å². The van der Waals surface area contributed by atoms with Crippen molar-refractivity contribution in [2.75, 3.05) is 5.01 Å². The summed E-state index contributed by atoms with van der Waals surface area (Å²) < 4.78 is 2.16. The number of thioether (sulfide) groups is 1. The van der Waals surface area contributed by atoms with E-state index in [1.807, 2.05) is 26.0 Å². The molecule has 1 aliphatic heterocycles. The van der Waals surface area contributed by atoms with Crippen LogP contribution in [0.1, 0.15) is 17.0 Å². The Morgan fingerprint density at radius 3 is 2.48 bits per heavy atom. The van der Waals surface area contributed by atoms with Gasteiger partial charge in [-0.2, -0.15) is 5.01 Å². The fourth-order valence-electron chi connectivity index (χ4n) is 2.52. The van der Waals surface area contributed by atoms with Gasteiger partial charge in [0.1, 0.15) is 5.02 Å². The maximum atomic E-state index is 12.8. The molecule has 1 fully saturated rings. The van der Waals surface area contributed by atoms with E-state index in [9.17, 15) is 14.9 Å². The quantitative estimate of drug-likeness (QED) is 0.338. The maximum absolute atomic E-state index is 12.8. The largest absolute Gasteiger partial charge is 0.288 e. The van der Waals surface area contributed by atoms with Gasteiger partial charge in [0.2, 0.25) is 0 Å². The van der Waals surface area contributed by atoms with Crippen LogP contribution in [0, 0.1) is 24.0 Å². The van der Waals surface area contributed by atoms with Crippen molar-refractivity contribution in [3.63, 3.8) is 0 Å². The van der Waals surface area contributed by atoms with Crippen LogP contribution in [0.4, 0.5) is 5.69 Å². The molecule has 0 saturated carbocycles. The molecule has 6 nitrogen and oxygen atoms in total. The van der Waals surface area contributed by atoms with Gasteiger partial charge in [0.15, 0.2) is 4.32 Å². The van der Waals surface area contributed by atoms with E-state index >= 15 is 0 Å². The Hall–Kier alpha value is -2.16. The lowest BCUT2D eigenvalue weighted by Gasteiger charge is -2.20. The molecule has 2 heterocycles. The number of nitro groups is 1. The first kappa shape index (κ1) is 17.7. The van der Waals surface area contributed by atoms with Crippen LogP contribution in [-0.2, 0) is 4.79 Å². The van der Waals surface area contributed by atoms with Crippen LogP contribution in [0.2, 0.25) is 5.02 Å². The highest BCUT2D eigenvalue weighted by Gasteiger charge is 2.34. The van der Waals surface area contributed by atoms with Crippen LogP contribution in [0.3, 0.4) is 0 Å². The highest BCUT2D eigenvalue weighted by molar-refractivity contribution is 8.27. The summed E-state index contributed by atoms with van der Waals surface area (Å²) in [5, 5.41) is 12.5. The number of hydrogen-bond donors (Lipinski definition) is 0. The summed E-state index contributed by atoms with van der Waals surface area (Å²) in [6, 6.07) is 8.20. The van der Waals surface area contributed by atoms with Gasteiger partial charge < -0.3 is 0 Å². The monoisotopic (exact) mass is 393 g/mol. The second-order valence-corrected chi connectivity index (χ2v) is 7.47. The number of rotatable bonds is 3. The van der Waals surface area contributed by atoms with Gasteiger partial charge in [-0.1, -0.05) is 29.4 Å². The van der Waals surface area contributed by atoms with Crippen LogP contribution in [-0.4, -0.2) is 19.8 Å². The summed E-state index contributed by atoms with van der Waals surface area (Å²) in [4.78, 5) is 23.6. The van der Waals surface area contributed by atoms with Gasteiger partial charge in [0.05, 0.1) is 9.83 Å². The number of carbonyl (C=O) groups excluding carboxylic acids is 1. The molecule has 0 radical (unpaired) electrons. The van der Waals surface area contributed by atoms with Gasteiger partial charge in [-0.05, 0) is 55.9 Å². The molecule has 1 amide bonds. The van der Waals surface area contributed by atoms with Gasteiger partial charge >= 0.3 is 0 Å².